The van der Waals surface area contributed by atoms with Crippen LogP contribution in [-0.2, 0) is 4.79 Å². The van der Waals surface area contributed by atoms with Gasteiger partial charge in [-0.3, -0.25) is 9.59 Å². The van der Waals surface area contributed by atoms with Gasteiger partial charge in [0.15, 0.2) is 0 Å². The van der Waals surface area contributed by atoms with Gasteiger partial charge in [-0.05, 0) is 48.4 Å². The minimum absolute atomic E-state index is 0.190. The van der Waals surface area contributed by atoms with Gasteiger partial charge in [-0.25, -0.2) is 0 Å². The predicted octanol–water partition coefficient (Wildman–Crippen LogP) is 3.75. The molecule has 0 saturated carbocycles. The van der Waals surface area contributed by atoms with Crippen molar-refractivity contribution in [1.82, 2.24) is 4.90 Å². The fourth-order valence-electron chi connectivity index (χ4n) is 2.86. The summed E-state index contributed by atoms with van der Waals surface area (Å²) >= 11 is 1.55. The molecule has 1 fully saturated rings. The zero-order chi connectivity index (χ0) is 20.8. The molecular formula is C22H23N3O3S. The molecule has 3 rings (SSSR count). The summed E-state index contributed by atoms with van der Waals surface area (Å²) in [4.78, 5) is 27.4. The van der Waals surface area contributed by atoms with Gasteiger partial charge in [-0.2, -0.15) is 5.26 Å². The second-order valence-corrected chi connectivity index (χ2v) is 8.20. The second-order valence-electron chi connectivity index (χ2n) is 7.20. The molecule has 1 aliphatic heterocycles. The number of nitrogens with zero attached hydrogens (tertiary/aromatic N) is 2. The van der Waals surface area contributed by atoms with Crippen LogP contribution in [0.3, 0.4) is 0 Å². The predicted molar refractivity (Wildman–Crippen MR) is 114 cm³/mol. The van der Waals surface area contributed by atoms with Crippen LogP contribution in [0.15, 0.2) is 48.5 Å². The first kappa shape index (κ1) is 20.7. The molecule has 2 amide bonds. The lowest BCUT2D eigenvalue weighted by atomic mass is 10.1. The Balaban J connectivity index is 1.69. The van der Waals surface area contributed by atoms with Gasteiger partial charge in [0, 0.05) is 17.0 Å². The molecule has 2 aromatic carbocycles. The van der Waals surface area contributed by atoms with Crippen molar-refractivity contribution in [2.75, 3.05) is 23.6 Å². The Morgan fingerprint density at radius 3 is 2.72 bits per heavy atom. The van der Waals surface area contributed by atoms with Crippen LogP contribution in [-0.4, -0.2) is 41.0 Å². The average Bonchev–Trinajstić information content (AvgIpc) is 3.22. The molecule has 1 unspecified atom stereocenters. The number of nitrogens with one attached hydrogen (secondary N) is 1. The van der Waals surface area contributed by atoms with Gasteiger partial charge in [-0.15, -0.1) is 11.8 Å². The van der Waals surface area contributed by atoms with Crippen LogP contribution < -0.4 is 10.1 Å². The number of thioether (sulfide) groups is 1. The molecule has 1 saturated heterocycles. The monoisotopic (exact) mass is 409 g/mol. The third-order valence-corrected chi connectivity index (χ3v) is 5.40. The molecule has 0 aromatic heterocycles. The van der Waals surface area contributed by atoms with E-state index in [0.717, 1.165) is 0 Å². The average molecular weight is 410 g/mol. The first-order chi connectivity index (χ1) is 14.0. The molecule has 7 heteroatoms. The standard InChI is InChI=1S/C22H23N3O3S/c1-15(2)12-28-19-5-3-4-17(10-19)22(27)25-14-29-13-20(25)21(26)24-18-8-6-16(11-23)7-9-18/h3-10,15,20H,12-14H2,1-2H3,(H,24,26). The molecule has 150 valence electrons. The quantitative estimate of drug-likeness (QED) is 0.786. The number of carbonyl (C=O) groups is 2. The first-order valence-electron chi connectivity index (χ1n) is 9.40. The van der Waals surface area contributed by atoms with Gasteiger partial charge in [0.2, 0.25) is 5.91 Å². The topological polar surface area (TPSA) is 82.4 Å². The Labute approximate surface area is 174 Å². The Morgan fingerprint density at radius 2 is 2.03 bits per heavy atom. The van der Waals surface area contributed by atoms with Crippen molar-refractivity contribution in [2.24, 2.45) is 5.92 Å². The van der Waals surface area contributed by atoms with Crippen LogP contribution in [0.4, 0.5) is 5.69 Å². The molecule has 2 aromatic rings. The summed E-state index contributed by atoms with van der Waals surface area (Å²) in [6.07, 6.45) is 0. The van der Waals surface area contributed by atoms with Crippen LogP contribution in [0, 0.1) is 17.2 Å². The Bertz CT molecular complexity index is 922. The molecule has 1 heterocycles. The Hall–Kier alpha value is -2.98. The van der Waals surface area contributed by atoms with E-state index in [1.807, 2.05) is 12.1 Å². The molecule has 1 N–H and O–H groups in total. The van der Waals surface area contributed by atoms with Crippen LogP contribution in [0.5, 0.6) is 5.75 Å². The lowest BCUT2D eigenvalue weighted by Crippen LogP contribution is -2.44. The van der Waals surface area contributed by atoms with Gasteiger partial charge < -0.3 is 15.0 Å². The number of nitriles is 1. The second kappa shape index (κ2) is 9.48. The van der Waals surface area contributed by atoms with E-state index in [1.54, 1.807) is 59.1 Å². The van der Waals surface area contributed by atoms with Crippen LogP contribution in [0.2, 0.25) is 0 Å². The van der Waals surface area contributed by atoms with E-state index in [9.17, 15) is 9.59 Å². The zero-order valence-electron chi connectivity index (χ0n) is 16.4. The number of benzene rings is 2. The van der Waals surface area contributed by atoms with E-state index in [-0.39, 0.29) is 11.8 Å². The maximum Gasteiger partial charge on any atom is 0.255 e. The van der Waals surface area contributed by atoms with Crippen molar-refractivity contribution in [3.8, 4) is 11.8 Å². The highest BCUT2D eigenvalue weighted by Gasteiger charge is 2.35. The van der Waals surface area contributed by atoms with E-state index < -0.39 is 6.04 Å². The molecule has 29 heavy (non-hydrogen) atoms. The third-order valence-electron chi connectivity index (χ3n) is 4.39. The van der Waals surface area contributed by atoms with E-state index >= 15 is 0 Å². The van der Waals surface area contributed by atoms with Gasteiger partial charge in [0.05, 0.1) is 24.1 Å². The van der Waals surface area contributed by atoms with Crippen LogP contribution in [0.1, 0.15) is 29.8 Å². The SMILES string of the molecule is CC(C)COc1cccc(C(=O)N2CSCC2C(=O)Nc2ccc(C#N)cc2)c1. The number of hydrogen-bond donors (Lipinski definition) is 1. The Morgan fingerprint density at radius 1 is 1.28 bits per heavy atom. The maximum atomic E-state index is 13.0. The van der Waals surface area contributed by atoms with Crippen LogP contribution >= 0.6 is 11.8 Å². The largest absolute Gasteiger partial charge is 0.493 e. The number of rotatable bonds is 6. The summed E-state index contributed by atoms with van der Waals surface area (Å²) in [5.74, 6) is 1.61. The molecule has 0 aliphatic carbocycles. The normalized spacial score (nSPS) is 15.8. The summed E-state index contributed by atoms with van der Waals surface area (Å²) in [6, 6.07) is 15.2. The van der Waals surface area contributed by atoms with Gasteiger partial charge in [0.1, 0.15) is 11.8 Å². The van der Waals surface area contributed by atoms with E-state index in [4.69, 9.17) is 10.00 Å². The number of amides is 2. The van der Waals surface area contributed by atoms with Gasteiger partial charge in [-0.1, -0.05) is 19.9 Å². The van der Waals surface area contributed by atoms with Crippen molar-refractivity contribution in [2.45, 2.75) is 19.9 Å². The highest BCUT2D eigenvalue weighted by molar-refractivity contribution is 7.99. The van der Waals surface area contributed by atoms with Crippen molar-refractivity contribution >= 4 is 29.3 Å². The van der Waals surface area contributed by atoms with E-state index in [0.29, 0.717) is 46.7 Å². The Kier molecular flexibility index (Phi) is 6.78. The number of hydrogen-bond acceptors (Lipinski definition) is 5. The van der Waals surface area contributed by atoms with Crippen LogP contribution in [0.25, 0.3) is 0 Å². The highest BCUT2D eigenvalue weighted by atomic mass is 32.2. The first-order valence-corrected chi connectivity index (χ1v) is 10.6. The molecule has 0 radical (unpaired) electrons. The molecular weight excluding hydrogens is 386 g/mol. The van der Waals surface area contributed by atoms with Crippen molar-refractivity contribution in [3.05, 3.63) is 59.7 Å². The molecule has 0 spiro atoms. The van der Waals surface area contributed by atoms with Crippen molar-refractivity contribution in [3.63, 3.8) is 0 Å². The third kappa shape index (κ3) is 5.30. The minimum Gasteiger partial charge on any atom is -0.493 e. The van der Waals surface area contributed by atoms with E-state index in [2.05, 4.69) is 19.2 Å². The summed E-state index contributed by atoms with van der Waals surface area (Å²) in [7, 11) is 0. The fraction of sp³-hybridized carbons (Fsp3) is 0.318. The fourth-order valence-corrected chi connectivity index (χ4v) is 4.02. The maximum absolute atomic E-state index is 13.0. The highest BCUT2D eigenvalue weighted by Crippen LogP contribution is 2.25. The van der Waals surface area contributed by atoms with E-state index in [1.165, 1.54) is 0 Å². The summed E-state index contributed by atoms with van der Waals surface area (Å²) in [5, 5.41) is 11.7. The lowest BCUT2D eigenvalue weighted by Gasteiger charge is -2.23. The molecule has 1 atom stereocenters. The summed E-state index contributed by atoms with van der Waals surface area (Å²) in [5.41, 5.74) is 1.63. The molecule has 1 aliphatic rings. The lowest BCUT2D eigenvalue weighted by molar-refractivity contribution is -0.119. The molecule has 0 bridgehead atoms. The summed E-state index contributed by atoms with van der Waals surface area (Å²) in [6.45, 7) is 4.70. The van der Waals surface area contributed by atoms with Crippen molar-refractivity contribution in [1.29, 1.82) is 5.26 Å². The van der Waals surface area contributed by atoms with Crippen molar-refractivity contribution < 1.29 is 14.3 Å². The molecule has 6 nitrogen and oxygen atoms in total. The number of anilines is 1. The van der Waals surface area contributed by atoms with Gasteiger partial charge >= 0.3 is 0 Å². The smallest absolute Gasteiger partial charge is 0.255 e. The minimum atomic E-state index is -0.552. The zero-order valence-corrected chi connectivity index (χ0v) is 17.2. The summed E-state index contributed by atoms with van der Waals surface area (Å²) < 4.78 is 5.71. The number of carbonyl (C=O) groups excluding carboxylic acids is 2. The number of ether oxygens (including phenoxy) is 1. The van der Waals surface area contributed by atoms with Gasteiger partial charge in [0.25, 0.3) is 5.91 Å².